The number of hydrogen-bond donors (Lipinski definition) is 2. The van der Waals surface area contributed by atoms with E-state index in [-0.39, 0.29) is 5.91 Å². The molecule has 1 aromatic carbocycles. The number of carbonyl (C=O) groups is 1. The van der Waals surface area contributed by atoms with Gasteiger partial charge in [0.25, 0.3) is 5.91 Å². The number of rotatable bonds is 3. The molecule has 1 saturated heterocycles. The summed E-state index contributed by atoms with van der Waals surface area (Å²) in [5.74, 6) is 0.625. The first-order valence-electron chi connectivity index (χ1n) is 7.47. The quantitative estimate of drug-likeness (QED) is 0.834. The maximum absolute atomic E-state index is 11.8. The highest BCUT2D eigenvalue weighted by molar-refractivity contribution is 5.96. The molecule has 4 heteroatoms. The van der Waals surface area contributed by atoms with Crippen molar-refractivity contribution in [3.63, 3.8) is 0 Å². The molecule has 1 heterocycles. The maximum Gasteiger partial charge on any atom is 0.251 e. The predicted octanol–water partition coefficient (Wildman–Crippen LogP) is 2.64. The maximum atomic E-state index is 11.8. The molecule has 0 aliphatic carbocycles. The van der Waals surface area contributed by atoms with Crippen LogP contribution in [0.4, 0.5) is 11.4 Å². The van der Waals surface area contributed by atoms with Crippen molar-refractivity contribution in [2.45, 2.75) is 39.7 Å². The molecule has 1 fully saturated rings. The fraction of sp³-hybridized carbons (Fsp3) is 0.562. The van der Waals surface area contributed by atoms with Crippen LogP contribution < -0.4 is 16.0 Å². The number of nitrogens with zero attached hydrogens (tertiary/aromatic N) is 1. The summed E-state index contributed by atoms with van der Waals surface area (Å²) in [5.41, 5.74) is 8.54. The lowest BCUT2D eigenvalue weighted by Gasteiger charge is -2.39. The summed E-state index contributed by atoms with van der Waals surface area (Å²) in [6.07, 6.45) is 2.47. The molecule has 0 aromatic heterocycles. The van der Waals surface area contributed by atoms with E-state index in [4.69, 9.17) is 5.73 Å². The van der Waals surface area contributed by atoms with Crippen LogP contribution in [-0.2, 0) is 0 Å². The van der Waals surface area contributed by atoms with Crippen LogP contribution in [0.2, 0.25) is 0 Å². The zero-order valence-corrected chi connectivity index (χ0v) is 12.6. The van der Waals surface area contributed by atoms with Gasteiger partial charge in [0, 0.05) is 24.7 Å². The predicted molar refractivity (Wildman–Crippen MR) is 84.1 cm³/mol. The van der Waals surface area contributed by atoms with Gasteiger partial charge in [-0.1, -0.05) is 6.92 Å². The second kappa shape index (κ2) is 6.16. The first-order valence-corrected chi connectivity index (χ1v) is 7.47. The van der Waals surface area contributed by atoms with Crippen molar-refractivity contribution < 1.29 is 4.79 Å². The number of amides is 1. The van der Waals surface area contributed by atoms with E-state index >= 15 is 0 Å². The molecule has 0 spiro atoms. The summed E-state index contributed by atoms with van der Waals surface area (Å²) in [6, 6.07) is 6.13. The van der Waals surface area contributed by atoms with Crippen LogP contribution in [0.3, 0.4) is 0 Å². The summed E-state index contributed by atoms with van der Waals surface area (Å²) in [5, 5.41) is 2.80. The van der Waals surface area contributed by atoms with Crippen LogP contribution in [0.1, 0.15) is 44.0 Å². The number of nitrogens with two attached hydrogens (primary N) is 1. The molecule has 0 bridgehead atoms. The van der Waals surface area contributed by atoms with Gasteiger partial charge in [0.2, 0.25) is 0 Å². The number of carbonyl (C=O) groups excluding carboxylic acids is 1. The van der Waals surface area contributed by atoms with Crippen molar-refractivity contribution in [1.29, 1.82) is 0 Å². The van der Waals surface area contributed by atoms with Crippen molar-refractivity contribution in [2.24, 2.45) is 5.92 Å². The second-order valence-electron chi connectivity index (χ2n) is 5.82. The molecule has 3 N–H and O–H groups in total. The van der Waals surface area contributed by atoms with Crippen molar-refractivity contribution in [2.75, 3.05) is 23.7 Å². The standard InChI is InChI=1S/C16H25N3O/c1-4-18-16(20)13-7-8-15(14(17)9-13)19-10-11(2)5-6-12(19)3/h7-9,11-12H,4-6,10,17H2,1-3H3,(H,18,20). The summed E-state index contributed by atoms with van der Waals surface area (Å²) in [7, 11) is 0. The molecule has 1 aliphatic rings. The van der Waals surface area contributed by atoms with Gasteiger partial charge in [0.15, 0.2) is 0 Å². The normalized spacial score (nSPS) is 22.6. The van der Waals surface area contributed by atoms with Gasteiger partial charge in [0.05, 0.1) is 11.4 Å². The number of nitrogens with one attached hydrogen (secondary N) is 1. The molecule has 2 rings (SSSR count). The van der Waals surface area contributed by atoms with Crippen molar-refractivity contribution in [1.82, 2.24) is 5.32 Å². The first-order chi connectivity index (χ1) is 9.52. The van der Waals surface area contributed by atoms with Gasteiger partial charge in [-0.25, -0.2) is 0 Å². The van der Waals surface area contributed by atoms with Gasteiger partial charge < -0.3 is 16.0 Å². The van der Waals surface area contributed by atoms with E-state index in [2.05, 4.69) is 24.1 Å². The topological polar surface area (TPSA) is 58.4 Å². The molecule has 110 valence electrons. The number of anilines is 2. The summed E-state index contributed by atoms with van der Waals surface area (Å²) < 4.78 is 0. The van der Waals surface area contributed by atoms with E-state index in [1.165, 1.54) is 12.8 Å². The third-order valence-electron chi connectivity index (χ3n) is 4.05. The number of piperidine rings is 1. The Bertz CT molecular complexity index is 487. The Balaban J connectivity index is 2.22. The fourth-order valence-corrected chi connectivity index (χ4v) is 2.84. The summed E-state index contributed by atoms with van der Waals surface area (Å²) in [6.45, 7) is 8.08. The molecule has 0 saturated carbocycles. The fourth-order valence-electron chi connectivity index (χ4n) is 2.84. The zero-order valence-electron chi connectivity index (χ0n) is 12.6. The first kappa shape index (κ1) is 14.7. The number of hydrogen-bond acceptors (Lipinski definition) is 3. The SMILES string of the molecule is CCNC(=O)c1ccc(N2CC(C)CCC2C)c(N)c1. The highest BCUT2D eigenvalue weighted by Crippen LogP contribution is 2.32. The molecule has 4 nitrogen and oxygen atoms in total. The van der Waals surface area contributed by atoms with E-state index in [0.29, 0.717) is 29.8 Å². The van der Waals surface area contributed by atoms with Gasteiger partial charge in [0.1, 0.15) is 0 Å². The molecule has 0 radical (unpaired) electrons. The van der Waals surface area contributed by atoms with Crippen molar-refractivity contribution in [3.05, 3.63) is 23.8 Å². The van der Waals surface area contributed by atoms with Crippen LogP contribution in [0, 0.1) is 5.92 Å². The van der Waals surface area contributed by atoms with Crippen LogP contribution >= 0.6 is 0 Å². The highest BCUT2D eigenvalue weighted by Gasteiger charge is 2.24. The largest absolute Gasteiger partial charge is 0.397 e. The van der Waals surface area contributed by atoms with Gasteiger partial charge in [-0.05, 0) is 50.8 Å². The Morgan fingerprint density at radius 3 is 2.80 bits per heavy atom. The van der Waals surface area contributed by atoms with E-state index in [0.717, 1.165) is 12.2 Å². The smallest absolute Gasteiger partial charge is 0.251 e. The van der Waals surface area contributed by atoms with Gasteiger partial charge in [-0.2, -0.15) is 0 Å². The van der Waals surface area contributed by atoms with Crippen LogP contribution in [0.25, 0.3) is 0 Å². The number of nitrogen functional groups attached to an aromatic ring is 1. The third kappa shape index (κ3) is 3.06. The number of benzene rings is 1. The van der Waals surface area contributed by atoms with Gasteiger partial charge in [-0.3, -0.25) is 4.79 Å². The van der Waals surface area contributed by atoms with E-state index in [1.807, 2.05) is 19.1 Å². The molecular weight excluding hydrogens is 250 g/mol. The average Bonchev–Trinajstić information content (AvgIpc) is 2.42. The summed E-state index contributed by atoms with van der Waals surface area (Å²) in [4.78, 5) is 14.2. The lowest BCUT2D eigenvalue weighted by Crippen LogP contribution is -2.41. The molecule has 2 atom stereocenters. The van der Waals surface area contributed by atoms with Gasteiger partial charge in [-0.15, -0.1) is 0 Å². The van der Waals surface area contributed by atoms with Crippen LogP contribution in [0.5, 0.6) is 0 Å². The van der Waals surface area contributed by atoms with E-state index in [9.17, 15) is 4.79 Å². The Hall–Kier alpha value is -1.71. The minimum absolute atomic E-state index is 0.0641. The van der Waals surface area contributed by atoms with Gasteiger partial charge >= 0.3 is 0 Å². The highest BCUT2D eigenvalue weighted by atomic mass is 16.1. The molecule has 1 aromatic rings. The molecule has 20 heavy (non-hydrogen) atoms. The van der Waals surface area contributed by atoms with Crippen molar-refractivity contribution in [3.8, 4) is 0 Å². The monoisotopic (exact) mass is 275 g/mol. The van der Waals surface area contributed by atoms with E-state index < -0.39 is 0 Å². The minimum Gasteiger partial charge on any atom is -0.397 e. The van der Waals surface area contributed by atoms with Crippen molar-refractivity contribution >= 4 is 17.3 Å². The minimum atomic E-state index is -0.0641. The zero-order chi connectivity index (χ0) is 14.7. The van der Waals surface area contributed by atoms with Crippen LogP contribution in [-0.4, -0.2) is 25.0 Å². The molecule has 2 unspecified atom stereocenters. The second-order valence-corrected chi connectivity index (χ2v) is 5.82. The molecular formula is C16H25N3O. The van der Waals surface area contributed by atoms with E-state index in [1.54, 1.807) is 6.07 Å². The molecule has 1 aliphatic heterocycles. The Morgan fingerprint density at radius 1 is 1.40 bits per heavy atom. The average molecular weight is 275 g/mol. The lowest BCUT2D eigenvalue weighted by atomic mass is 9.94. The lowest BCUT2D eigenvalue weighted by molar-refractivity contribution is 0.0956. The third-order valence-corrected chi connectivity index (χ3v) is 4.05. The van der Waals surface area contributed by atoms with Crippen LogP contribution in [0.15, 0.2) is 18.2 Å². The Labute approximate surface area is 121 Å². The summed E-state index contributed by atoms with van der Waals surface area (Å²) >= 11 is 0. The Kier molecular flexibility index (Phi) is 4.53. The molecule has 1 amide bonds. The Morgan fingerprint density at radius 2 is 2.15 bits per heavy atom.